The molecule has 39 heavy (non-hydrogen) atoms. The number of rotatable bonds is 14. The van der Waals surface area contributed by atoms with Gasteiger partial charge in [0.15, 0.2) is 0 Å². The lowest BCUT2D eigenvalue weighted by Crippen LogP contribution is -2.36. The Hall–Kier alpha value is -2.61. The van der Waals surface area contributed by atoms with E-state index >= 15 is 0 Å². The highest BCUT2D eigenvalue weighted by molar-refractivity contribution is 8.07. The van der Waals surface area contributed by atoms with E-state index in [9.17, 15) is 24.1 Å². The van der Waals surface area contributed by atoms with Crippen LogP contribution in [0.4, 0.5) is 4.79 Å². The van der Waals surface area contributed by atoms with Crippen LogP contribution in [0.15, 0.2) is 42.5 Å². The molecule has 0 saturated carbocycles. The molecule has 2 unspecified atom stereocenters. The van der Waals surface area contributed by atoms with Crippen LogP contribution < -0.4 is 5.32 Å². The number of hydrogen-bond acceptors (Lipinski definition) is 10. The lowest BCUT2D eigenvalue weighted by atomic mass is 9.82. The third-order valence-electron chi connectivity index (χ3n) is 6.09. The molecule has 0 spiro atoms. The number of amides is 3. The summed E-state index contributed by atoms with van der Waals surface area (Å²) in [5, 5.41) is 2.72. The lowest BCUT2D eigenvalue weighted by Gasteiger charge is -2.27. The van der Waals surface area contributed by atoms with E-state index in [1.54, 1.807) is 12.1 Å². The molecule has 12 nitrogen and oxygen atoms in total. The molecular weight excluding hydrogens is 550 g/mol. The predicted octanol–water partition coefficient (Wildman–Crippen LogP) is 1.31. The van der Waals surface area contributed by atoms with Gasteiger partial charge in [-0.25, -0.2) is 4.79 Å². The number of ether oxygens (including phenoxy) is 3. The zero-order chi connectivity index (χ0) is 28.4. The number of hydrogen-bond donors (Lipinski definition) is 2. The van der Waals surface area contributed by atoms with Gasteiger partial charge < -0.3 is 33.5 Å². The van der Waals surface area contributed by atoms with Gasteiger partial charge in [-0.15, -0.1) is 0 Å². The van der Waals surface area contributed by atoms with Crippen molar-refractivity contribution in [2.24, 2.45) is 5.92 Å². The second-order valence-corrected chi connectivity index (χ2v) is 11.7. The molecule has 3 amide bonds. The van der Waals surface area contributed by atoms with E-state index in [0.717, 1.165) is 22.6 Å². The summed E-state index contributed by atoms with van der Waals surface area (Å²) in [5.41, 5.74) is 0.790. The van der Waals surface area contributed by atoms with Gasteiger partial charge in [0.05, 0.1) is 0 Å². The van der Waals surface area contributed by atoms with E-state index in [-0.39, 0.29) is 38.6 Å². The van der Waals surface area contributed by atoms with Crippen molar-refractivity contribution in [1.82, 2.24) is 10.2 Å². The monoisotopic (exact) mass is 580 g/mol. The highest BCUT2D eigenvalue weighted by atomic mass is 32.5. The Labute approximate surface area is 232 Å². The van der Waals surface area contributed by atoms with Crippen molar-refractivity contribution in [3.63, 3.8) is 0 Å². The normalized spacial score (nSPS) is 24.0. The molecule has 0 aliphatic carbocycles. The number of nitrogens with one attached hydrogen (secondary N) is 1. The Balaban J connectivity index is 1.46. The lowest BCUT2D eigenvalue weighted by molar-refractivity contribution is -0.137. The van der Waals surface area contributed by atoms with Crippen LogP contribution in [0, 0.1) is 5.92 Å². The summed E-state index contributed by atoms with van der Waals surface area (Å²) < 4.78 is 26.6. The zero-order valence-electron chi connectivity index (χ0n) is 21.3. The van der Waals surface area contributed by atoms with Gasteiger partial charge >= 0.3 is 12.9 Å². The first-order chi connectivity index (χ1) is 18.6. The molecule has 0 aromatic heterocycles. The van der Waals surface area contributed by atoms with Crippen LogP contribution in [0.25, 0.3) is 0 Å². The third-order valence-corrected chi connectivity index (χ3v) is 7.77. The van der Waals surface area contributed by atoms with Crippen LogP contribution in [0.1, 0.15) is 24.8 Å². The molecular formula is C24H30BN2O10PS. The van der Waals surface area contributed by atoms with Gasteiger partial charge in [0.1, 0.15) is 33.3 Å². The Morgan fingerprint density at radius 1 is 1.18 bits per heavy atom. The maximum Gasteiger partial charge on any atom is 0.508 e. The number of carbonyl (C=O) groups excluding carboxylic acids is 4. The average molecular weight is 580 g/mol. The Kier molecular flexibility index (Phi) is 11.6. The van der Waals surface area contributed by atoms with Gasteiger partial charge in [-0.2, -0.15) is 0 Å². The summed E-state index contributed by atoms with van der Waals surface area (Å²) >= 11 is 5.00. The SMILES string of the molecule is [B][C@@H]1O[C@H](COC(=O)OCc2ccccc2)C(OP(O)(=S)OC)[C@@H]1CCCNC(=O)CCN1C(=O)C=CC1=O. The number of imide groups is 1. The van der Waals surface area contributed by atoms with Crippen molar-refractivity contribution in [2.75, 3.05) is 26.8 Å². The van der Waals surface area contributed by atoms with Crippen LogP contribution in [0.3, 0.4) is 0 Å². The molecule has 2 N–H and O–H groups in total. The maximum absolute atomic E-state index is 12.1. The fourth-order valence-electron chi connectivity index (χ4n) is 4.08. The summed E-state index contributed by atoms with van der Waals surface area (Å²) in [4.78, 5) is 58.6. The van der Waals surface area contributed by atoms with E-state index in [1.807, 2.05) is 18.2 Å². The Morgan fingerprint density at radius 3 is 2.54 bits per heavy atom. The van der Waals surface area contributed by atoms with Gasteiger partial charge in [0.2, 0.25) is 5.91 Å². The van der Waals surface area contributed by atoms with Crippen LogP contribution in [-0.2, 0) is 56.1 Å². The molecule has 3 rings (SSSR count). The first kappa shape index (κ1) is 30.9. The van der Waals surface area contributed by atoms with E-state index in [0.29, 0.717) is 12.8 Å². The van der Waals surface area contributed by atoms with Crippen LogP contribution in [0.2, 0.25) is 0 Å². The summed E-state index contributed by atoms with van der Waals surface area (Å²) in [5.74, 6) is -1.69. The van der Waals surface area contributed by atoms with Gasteiger partial charge in [-0.1, -0.05) is 30.3 Å². The molecule has 5 atom stereocenters. The second-order valence-electron chi connectivity index (χ2n) is 8.76. The largest absolute Gasteiger partial charge is 0.508 e. The van der Waals surface area contributed by atoms with Crippen LogP contribution >= 0.6 is 6.72 Å². The van der Waals surface area contributed by atoms with Crippen LogP contribution in [0.5, 0.6) is 0 Å². The number of carbonyl (C=O) groups is 4. The molecule has 1 saturated heterocycles. The Morgan fingerprint density at radius 2 is 1.87 bits per heavy atom. The molecule has 2 aliphatic heterocycles. The fraction of sp³-hybridized carbons (Fsp3) is 0.500. The standard InChI is InChI=1S/C24H30BN2O10PS/c1-33-38(32,39)37-22-17(8-5-12-26-19(28)11-13-27-20(29)9-10-21(27)30)23(25)36-18(22)15-35-24(31)34-14-16-6-3-2-4-7-16/h2-4,6-7,9-10,17-18,22-23H,5,8,11-15H2,1H3,(H,26,28)(H,32,39)/t17-,18+,22?,23+,38?/m0/s1. The molecule has 1 aromatic rings. The molecule has 1 fully saturated rings. The van der Waals surface area contributed by atoms with E-state index in [4.69, 9.17) is 42.9 Å². The van der Waals surface area contributed by atoms with Crippen molar-refractivity contribution in [3.05, 3.63) is 48.0 Å². The van der Waals surface area contributed by atoms with Crippen LogP contribution in [-0.4, -0.2) is 86.5 Å². The summed E-state index contributed by atoms with van der Waals surface area (Å²) in [6, 6.07) is 8.25. The minimum Gasteiger partial charge on any atom is -0.431 e. The first-order valence-corrected chi connectivity index (χ1v) is 14.8. The highest BCUT2D eigenvalue weighted by Gasteiger charge is 2.45. The van der Waals surface area contributed by atoms with E-state index in [1.165, 1.54) is 7.11 Å². The quantitative estimate of drug-likeness (QED) is 0.108. The van der Waals surface area contributed by atoms with Crippen molar-refractivity contribution in [1.29, 1.82) is 0 Å². The van der Waals surface area contributed by atoms with Gasteiger partial charge in [-0.05, 0) is 30.2 Å². The summed E-state index contributed by atoms with van der Waals surface area (Å²) in [6.45, 7) is -3.59. The highest BCUT2D eigenvalue weighted by Crippen LogP contribution is 2.48. The summed E-state index contributed by atoms with van der Waals surface area (Å²) in [6.07, 6.45) is 0.547. The maximum atomic E-state index is 12.1. The first-order valence-electron chi connectivity index (χ1n) is 12.2. The van der Waals surface area contributed by atoms with E-state index < -0.39 is 48.8 Å². The molecule has 1 aromatic carbocycles. The minimum absolute atomic E-state index is 0.0125. The molecule has 2 aliphatic rings. The third kappa shape index (κ3) is 9.52. The van der Waals surface area contributed by atoms with Crippen molar-refractivity contribution in [2.45, 2.75) is 44.1 Å². The van der Waals surface area contributed by atoms with Crippen molar-refractivity contribution < 1.29 is 47.3 Å². The van der Waals surface area contributed by atoms with Crippen molar-refractivity contribution in [3.8, 4) is 0 Å². The molecule has 2 radical (unpaired) electrons. The van der Waals surface area contributed by atoms with Gasteiger partial charge in [0, 0.05) is 50.7 Å². The predicted molar refractivity (Wildman–Crippen MR) is 142 cm³/mol. The fourth-order valence-corrected chi connectivity index (χ4v) is 5.06. The molecule has 2 heterocycles. The average Bonchev–Trinajstić information content (AvgIpc) is 3.39. The smallest absolute Gasteiger partial charge is 0.431 e. The molecule has 0 bridgehead atoms. The number of benzene rings is 1. The van der Waals surface area contributed by atoms with Gasteiger partial charge in [-0.3, -0.25) is 19.3 Å². The minimum atomic E-state index is -3.62. The van der Waals surface area contributed by atoms with Gasteiger partial charge in [0.25, 0.3) is 11.8 Å². The Bertz CT molecular complexity index is 1090. The second kappa shape index (κ2) is 14.7. The molecule has 15 heteroatoms. The zero-order valence-corrected chi connectivity index (χ0v) is 23.0. The molecule has 210 valence electrons. The van der Waals surface area contributed by atoms with Crippen molar-refractivity contribution >= 4 is 50.2 Å². The van der Waals surface area contributed by atoms with E-state index in [2.05, 4.69) is 5.32 Å². The topological polar surface area (TPSA) is 150 Å². The summed E-state index contributed by atoms with van der Waals surface area (Å²) in [7, 11) is 7.38. The number of nitrogens with zero attached hydrogens (tertiary/aromatic N) is 1.